The van der Waals surface area contributed by atoms with Crippen molar-refractivity contribution in [2.75, 3.05) is 33.4 Å². The smallest absolute Gasteiger partial charge is 0.249 e. The predicted octanol–water partition coefficient (Wildman–Crippen LogP) is 1.71. The van der Waals surface area contributed by atoms with Gasteiger partial charge in [-0.2, -0.15) is 0 Å². The Morgan fingerprint density at radius 1 is 1.29 bits per heavy atom. The van der Waals surface area contributed by atoms with Crippen LogP contribution in [0.25, 0.3) is 0 Å². The molecule has 0 aromatic carbocycles. The maximum Gasteiger partial charge on any atom is 0.249 e. The molecule has 152 valence electrons. The first-order valence-corrected chi connectivity index (χ1v) is 10.1. The van der Waals surface area contributed by atoms with Gasteiger partial charge in [0.2, 0.25) is 5.91 Å². The van der Waals surface area contributed by atoms with E-state index in [4.69, 9.17) is 4.74 Å². The van der Waals surface area contributed by atoms with Gasteiger partial charge in [0.15, 0.2) is 0 Å². The van der Waals surface area contributed by atoms with Crippen molar-refractivity contribution in [3.63, 3.8) is 0 Å². The SMILES string of the molecule is COCC(=O)N1CCc2[nH]cnc2C12CCN(Cc1nccn1C(C)C)CC2. The largest absolute Gasteiger partial charge is 0.375 e. The van der Waals surface area contributed by atoms with Crippen LogP contribution in [-0.4, -0.2) is 68.6 Å². The summed E-state index contributed by atoms with van der Waals surface area (Å²) in [7, 11) is 1.58. The van der Waals surface area contributed by atoms with Crippen molar-refractivity contribution in [1.82, 2.24) is 29.3 Å². The van der Waals surface area contributed by atoms with Crippen LogP contribution in [0.2, 0.25) is 0 Å². The molecule has 8 nitrogen and oxygen atoms in total. The number of aromatic nitrogens is 4. The third kappa shape index (κ3) is 3.24. The Hall–Kier alpha value is -2.19. The molecule has 1 spiro atoms. The standard InChI is InChI=1S/C20H30N6O2/c1-15(2)25-11-7-21-17(25)12-24-9-5-20(6-10-24)19-16(22-14-23-19)4-8-26(20)18(27)13-28-3/h7,11,14-15H,4-6,8-10,12-13H2,1-3H3,(H,22,23). The Morgan fingerprint density at radius 2 is 2.07 bits per heavy atom. The Bertz CT molecular complexity index is 818. The van der Waals surface area contributed by atoms with Crippen LogP contribution in [-0.2, 0) is 28.0 Å². The molecule has 1 saturated heterocycles. The molecule has 0 aliphatic carbocycles. The lowest BCUT2D eigenvalue weighted by Crippen LogP contribution is -2.59. The van der Waals surface area contributed by atoms with Gasteiger partial charge in [0.1, 0.15) is 12.4 Å². The summed E-state index contributed by atoms with van der Waals surface area (Å²) < 4.78 is 7.37. The van der Waals surface area contributed by atoms with Gasteiger partial charge >= 0.3 is 0 Å². The van der Waals surface area contributed by atoms with Crippen molar-refractivity contribution < 1.29 is 9.53 Å². The van der Waals surface area contributed by atoms with Crippen LogP contribution in [0.15, 0.2) is 18.7 Å². The Labute approximate surface area is 165 Å². The number of likely N-dealkylation sites (tertiary alicyclic amines) is 1. The first-order chi connectivity index (χ1) is 13.5. The van der Waals surface area contributed by atoms with Gasteiger partial charge in [-0.05, 0) is 26.7 Å². The molecule has 4 heterocycles. The average Bonchev–Trinajstić information content (AvgIpc) is 3.34. The summed E-state index contributed by atoms with van der Waals surface area (Å²) in [5.41, 5.74) is 1.89. The maximum absolute atomic E-state index is 12.8. The number of amides is 1. The van der Waals surface area contributed by atoms with Gasteiger partial charge in [-0.25, -0.2) is 9.97 Å². The van der Waals surface area contributed by atoms with Crippen molar-refractivity contribution in [1.29, 1.82) is 0 Å². The number of rotatable bonds is 5. The number of hydrogen-bond acceptors (Lipinski definition) is 5. The minimum absolute atomic E-state index is 0.0555. The van der Waals surface area contributed by atoms with E-state index in [0.29, 0.717) is 6.04 Å². The molecule has 0 unspecified atom stereocenters. The second-order valence-corrected chi connectivity index (χ2v) is 8.11. The van der Waals surface area contributed by atoms with E-state index in [9.17, 15) is 4.79 Å². The summed E-state index contributed by atoms with van der Waals surface area (Å²) in [4.78, 5) is 29.7. The van der Waals surface area contributed by atoms with Crippen LogP contribution in [0.1, 0.15) is 49.9 Å². The summed E-state index contributed by atoms with van der Waals surface area (Å²) in [6.45, 7) is 7.85. The maximum atomic E-state index is 12.8. The fourth-order valence-electron chi connectivity index (χ4n) is 4.77. The highest BCUT2D eigenvalue weighted by atomic mass is 16.5. The zero-order chi connectivity index (χ0) is 19.7. The molecule has 2 aliphatic rings. The van der Waals surface area contributed by atoms with E-state index in [1.807, 2.05) is 17.3 Å². The van der Waals surface area contributed by atoms with E-state index in [1.165, 1.54) is 5.69 Å². The van der Waals surface area contributed by atoms with Crippen molar-refractivity contribution in [3.05, 3.63) is 35.9 Å². The minimum Gasteiger partial charge on any atom is -0.375 e. The lowest BCUT2D eigenvalue weighted by Gasteiger charge is -2.50. The molecule has 0 saturated carbocycles. The first kappa shape index (κ1) is 19.1. The summed E-state index contributed by atoms with van der Waals surface area (Å²) in [5.74, 6) is 1.15. The van der Waals surface area contributed by atoms with Crippen molar-refractivity contribution in [3.8, 4) is 0 Å². The van der Waals surface area contributed by atoms with Crippen LogP contribution < -0.4 is 0 Å². The molecule has 2 aromatic heterocycles. The molecule has 1 fully saturated rings. The lowest BCUT2D eigenvalue weighted by atomic mass is 9.78. The second kappa shape index (κ2) is 7.67. The molecule has 28 heavy (non-hydrogen) atoms. The highest BCUT2D eigenvalue weighted by Gasteiger charge is 2.48. The minimum atomic E-state index is -0.326. The molecule has 0 atom stereocenters. The number of nitrogens with one attached hydrogen (secondary N) is 1. The van der Waals surface area contributed by atoms with Crippen LogP contribution in [0.4, 0.5) is 0 Å². The van der Waals surface area contributed by atoms with Crippen LogP contribution in [0, 0.1) is 0 Å². The topological polar surface area (TPSA) is 79.3 Å². The molecule has 8 heteroatoms. The number of aromatic amines is 1. The molecule has 4 rings (SSSR count). The highest BCUT2D eigenvalue weighted by Crippen LogP contribution is 2.42. The molecule has 2 aromatic rings. The van der Waals surface area contributed by atoms with Gasteiger partial charge in [-0.1, -0.05) is 0 Å². The van der Waals surface area contributed by atoms with E-state index >= 15 is 0 Å². The quantitative estimate of drug-likeness (QED) is 0.846. The molecule has 1 N–H and O–H groups in total. The monoisotopic (exact) mass is 386 g/mol. The van der Waals surface area contributed by atoms with E-state index in [1.54, 1.807) is 13.4 Å². The van der Waals surface area contributed by atoms with Crippen molar-refractivity contribution in [2.45, 2.75) is 51.2 Å². The molecular weight excluding hydrogens is 356 g/mol. The number of carbonyl (C=O) groups is 1. The molecule has 2 aliphatic heterocycles. The Balaban J connectivity index is 1.53. The number of fused-ring (bicyclic) bond motifs is 2. The van der Waals surface area contributed by atoms with E-state index in [2.05, 4.69) is 38.3 Å². The van der Waals surface area contributed by atoms with E-state index < -0.39 is 0 Å². The second-order valence-electron chi connectivity index (χ2n) is 8.11. The molecule has 0 bridgehead atoms. The van der Waals surface area contributed by atoms with Crippen molar-refractivity contribution >= 4 is 5.91 Å². The first-order valence-electron chi connectivity index (χ1n) is 10.1. The normalized spacial score (nSPS) is 19.4. The Kier molecular flexibility index (Phi) is 5.25. The summed E-state index contributed by atoms with van der Waals surface area (Å²) in [6, 6.07) is 0.403. The van der Waals surface area contributed by atoms with Gasteiger partial charge in [-0.15, -0.1) is 0 Å². The Morgan fingerprint density at radius 3 is 2.79 bits per heavy atom. The van der Waals surface area contributed by atoms with Crippen molar-refractivity contribution in [2.24, 2.45) is 0 Å². The highest BCUT2D eigenvalue weighted by molar-refractivity contribution is 5.79. The number of ether oxygens (including phenoxy) is 1. The number of nitrogens with zero attached hydrogens (tertiary/aromatic N) is 5. The van der Waals surface area contributed by atoms with E-state index in [-0.39, 0.29) is 18.1 Å². The van der Waals surface area contributed by atoms with Crippen LogP contribution in [0.3, 0.4) is 0 Å². The zero-order valence-corrected chi connectivity index (χ0v) is 17.0. The third-order valence-corrected chi connectivity index (χ3v) is 6.18. The lowest BCUT2D eigenvalue weighted by molar-refractivity contribution is -0.146. The summed E-state index contributed by atoms with van der Waals surface area (Å²) >= 11 is 0. The zero-order valence-electron chi connectivity index (χ0n) is 17.0. The number of carbonyl (C=O) groups excluding carboxylic acids is 1. The molecule has 1 amide bonds. The predicted molar refractivity (Wildman–Crippen MR) is 105 cm³/mol. The third-order valence-electron chi connectivity index (χ3n) is 6.18. The fraction of sp³-hybridized carbons (Fsp3) is 0.650. The van der Waals surface area contributed by atoms with Crippen LogP contribution in [0.5, 0.6) is 0 Å². The number of methoxy groups -OCH3 is 1. The number of H-pyrrole nitrogens is 1. The van der Waals surface area contributed by atoms with Gasteiger partial charge in [-0.3, -0.25) is 9.69 Å². The van der Waals surface area contributed by atoms with Gasteiger partial charge < -0.3 is 19.2 Å². The van der Waals surface area contributed by atoms with Gasteiger partial charge in [0.05, 0.1) is 24.1 Å². The molecule has 0 radical (unpaired) electrons. The van der Waals surface area contributed by atoms with Gasteiger partial charge in [0, 0.05) is 57.3 Å². The fourth-order valence-corrected chi connectivity index (χ4v) is 4.77. The number of piperidine rings is 1. The summed E-state index contributed by atoms with van der Waals surface area (Å²) in [5, 5.41) is 0. The number of hydrogen-bond donors (Lipinski definition) is 1. The number of imidazole rings is 2. The average molecular weight is 387 g/mol. The van der Waals surface area contributed by atoms with Crippen LogP contribution >= 0.6 is 0 Å². The van der Waals surface area contributed by atoms with E-state index in [0.717, 1.165) is 57.0 Å². The molecular formula is C20H30N6O2. The van der Waals surface area contributed by atoms with Gasteiger partial charge in [0.25, 0.3) is 0 Å². The summed E-state index contributed by atoms with van der Waals surface area (Å²) in [6.07, 6.45) is 8.27.